The summed E-state index contributed by atoms with van der Waals surface area (Å²) in [6, 6.07) is 0. The largest absolute Gasteiger partial charge is 0.358 e. The maximum Gasteiger partial charge on any atom is 0.167 e. The molecule has 0 unspecified atom stereocenters. The smallest absolute Gasteiger partial charge is 0.167 e. The second kappa shape index (κ2) is 2.92. The monoisotopic (exact) mass is 244 g/mol. The van der Waals surface area contributed by atoms with Crippen LogP contribution in [0.5, 0.6) is 0 Å². The van der Waals surface area contributed by atoms with Crippen LogP contribution in [0.2, 0.25) is 0 Å². The highest BCUT2D eigenvalue weighted by Crippen LogP contribution is 2.48. The second-order valence-corrected chi connectivity index (χ2v) is 4.63. The highest BCUT2D eigenvalue weighted by molar-refractivity contribution is 9.09. The Hall–Kier alpha value is -0.150. The molecule has 72 valence electrons. The van der Waals surface area contributed by atoms with Crippen LogP contribution in [0.4, 0.5) is 0 Å². The molecule has 1 aliphatic heterocycles. The van der Waals surface area contributed by atoms with Crippen molar-refractivity contribution in [3.05, 3.63) is 12.2 Å². The molecule has 2 rings (SSSR count). The molecule has 0 amide bonds. The van der Waals surface area contributed by atoms with Gasteiger partial charge in [0.1, 0.15) is 5.60 Å². The second-order valence-electron chi connectivity index (χ2n) is 4.07. The molecule has 0 N–H and O–H groups in total. The Morgan fingerprint density at radius 1 is 1.85 bits per heavy atom. The van der Waals surface area contributed by atoms with Crippen LogP contribution in [0.1, 0.15) is 19.8 Å². The van der Waals surface area contributed by atoms with E-state index in [9.17, 15) is 4.79 Å². The molecule has 0 aromatic carbocycles. The first-order chi connectivity index (χ1) is 6.08. The molecule has 3 heteroatoms. The Labute approximate surface area is 86.5 Å². The molecule has 1 saturated carbocycles. The number of hydrogen-bond acceptors (Lipinski definition) is 2. The lowest BCUT2D eigenvalue weighted by atomic mass is 9.79. The van der Waals surface area contributed by atoms with E-state index in [-0.39, 0.29) is 11.9 Å². The summed E-state index contributed by atoms with van der Waals surface area (Å²) in [6.07, 6.45) is 1.74. The molecule has 1 aliphatic carbocycles. The molecule has 0 spiro atoms. The highest BCUT2D eigenvalue weighted by atomic mass is 79.9. The SMILES string of the molecule is C=C(CBr)[C@H]1CC(=O)[C@]2(C)O[C@@H]2C1. The van der Waals surface area contributed by atoms with Gasteiger partial charge in [-0.05, 0) is 19.3 Å². The number of carbonyl (C=O) groups is 1. The number of allylic oxidation sites excluding steroid dienone is 1. The van der Waals surface area contributed by atoms with E-state index in [4.69, 9.17) is 4.74 Å². The van der Waals surface area contributed by atoms with Crippen LogP contribution in [0, 0.1) is 5.92 Å². The molecule has 2 nitrogen and oxygen atoms in total. The van der Waals surface area contributed by atoms with Crippen molar-refractivity contribution < 1.29 is 9.53 Å². The summed E-state index contributed by atoms with van der Waals surface area (Å²) in [4.78, 5) is 11.6. The zero-order valence-corrected chi connectivity index (χ0v) is 9.26. The van der Waals surface area contributed by atoms with Crippen LogP contribution in [0.25, 0.3) is 0 Å². The van der Waals surface area contributed by atoms with Gasteiger partial charge in [-0.25, -0.2) is 0 Å². The van der Waals surface area contributed by atoms with Gasteiger partial charge >= 0.3 is 0 Å². The lowest BCUT2D eigenvalue weighted by Gasteiger charge is -2.22. The van der Waals surface area contributed by atoms with E-state index in [2.05, 4.69) is 22.5 Å². The van der Waals surface area contributed by atoms with Crippen LogP contribution in [0.3, 0.4) is 0 Å². The van der Waals surface area contributed by atoms with Crippen molar-refractivity contribution in [2.75, 3.05) is 5.33 Å². The molecule has 0 radical (unpaired) electrons. The topological polar surface area (TPSA) is 29.6 Å². The van der Waals surface area contributed by atoms with Crippen molar-refractivity contribution in [3.8, 4) is 0 Å². The number of halogens is 1. The molecule has 13 heavy (non-hydrogen) atoms. The van der Waals surface area contributed by atoms with E-state index in [1.807, 2.05) is 6.92 Å². The zero-order chi connectivity index (χ0) is 9.64. The molecule has 1 saturated heterocycles. The van der Waals surface area contributed by atoms with Gasteiger partial charge in [0, 0.05) is 11.8 Å². The minimum absolute atomic E-state index is 0.162. The fourth-order valence-corrected chi connectivity index (χ4v) is 2.43. The molecule has 1 heterocycles. The summed E-state index contributed by atoms with van der Waals surface area (Å²) in [5.74, 6) is 0.573. The molecule has 0 aromatic rings. The van der Waals surface area contributed by atoms with Gasteiger partial charge in [-0.2, -0.15) is 0 Å². The average Bonchev–Trinajstić information content (AvgIpc) is 2.77. The van der Waals surface area contributed by atoms with Gasteiger partial charge < -0.3 is 4.74 Å². The first-order valence-corrected chi connectivity index (χ1v) is 5.65. The summed E-state index contributed by atoms with van der Waals surface area (Å²) in [6.45, 7) is 5.85. The van der Waals surface area contributed by atoms with E-state index >= 15 is 0 Å². The lowest BCUT2D eigenvalue weighted by Crippen LogP contribution is -2.32. The van der Waals surface area contributed by atoms with E-state index in [0.717, 1.165) is 17.3 Å². The highest BCUT2D eigenvalue weighted by Gasteiger charge is 2.61. The van der Waals surface area contributed by atoms with Crippen LogP contribution in [-0.2, 0) is 9.53 Å². The quantitative estimate of drug-likeness (QED) is 0.423. The van der Waals surface area contributed by atoms with Gasteiger partial charge in [0.25, 0.3) is 0 Å². The number of ether oxygens (including phenoxy) is 1. The van der Waals surface area contributed by atoms with Crippen molar-refractivity contribution in [1.82, 2.24) is 0 Å². The lowest BCUT2D eigenvalue weighted by molar-refractivity contribution is -0.124. The summed E-state index contributed by atoms with van der Waals surface area (Å²) in [5.41, 5.74) is 0.689. The first kappa shape index (κ1) is 9.41. The predicted molar refractivity (Wildman–Crippen MR) is 53.9 cm³/mol. The maximum atomic E-state index is 11.6. The van der Waals surface area contributed by atoms with E-state index in [0.29, 0.717) is 12.3 Å². The Balaban J connectivity index is 2.06. The third kappa shape index (κ3) is 1.38. The molecule has 0 aromatic heterocycles. The standard InChI is InChI=1S/C10H13BrO2/c1-6(5-11)7-3-8(12)10(2)9(4-7)13-10/h7,9H,1,3-5H2,2H3/t7-,9+,10-/m0/s1. The number of hydrogen-bond donors (Lipinski definition) is 0. The fourth-order valence-electron chi connectivity index (χ4n) is 1.97. The normalized spacial score (nSPS) is 42.8. The van der Waals surface area contributed by atoms with E-state index in [1.54, 1.807) is 0 Å². The van der Waals surface area contributed by atoms with Crippen LogP contribution >= 0.6 is 15.9 Å². The molecular weight excluding hydrogens is 232 g/mol. The van der Waals surface area contributed by atoms with Crippen LogP contribution in [-0.4, -0.2) is 22.8 Å². The Bertz CT molecular complexity index is 274. The van der Waals surface area contributed by atoms with Gasteiger partial charge in [-0.3, -0.25) is 4.79 Å². The average molecular weight is 245 g/mol. The number of ketones is 1. The summed E-state index contributed by atoms with van der Waals surface area (Å²) < 4.78 is 5.40. The Morgan fingerprint density at radius 2 is 2.54 bits per heavy atom. The minimum Gasteiger partial charge on any atom is -0.358 e. The Morgan fingerprint density at radius 3 is 3.08 bits per heavy atom. The predicted octanol–water partition coefficient (Wildman–Crippen LogP) is 2.07. The van der Waals surface area contributed by atoms with Crippen molar-refractivity contribution in [2.45, 2.75) is 31.5 Å². The van der Waals surface area contributed by atoms with Crippen molar-refractivity contribution in [3.63, 3.8) is 0 Å². The number of Topliss-reactive ketones (excluding diaryl/α,β-unsaturated/α-hetero) is 1. The summed E-state index contributed by atoms with van der Waals surface area (Å²) in [5, 5.41) is 0.786. The minimum atomic E-state index is -0.427. The number of carbonyl (C=O) groups excluding carboxylic acids is 1. The van der Waals surface area contributed by atoms with Gasteiger partial charge in [-0.1, -0.05) is 28.1 Å². The van der Waals surface area contributed by atoms with E-state index < -0.39 is 5.60 Å². The summed E-state index contributed by atoms with van der Waals surface area (Å²) >= 11 is 3.37. The molecule has 3 atom stereocenters. The Kier molecular flexibility index (Phi) is 2.11. The summed E-state index contributed by atoms with van der Waals surface area (Å²) in [7, 11) is 0. The van der Waals surface area contributed by atoms with E-state index in [1.165, 1.54) is 0 Å². The molecular formula is C10H13BrO2. The van der Waals surface area contributed by atoms with Crippen LogP contribution < -0.4 is 0 Å². The first-order valence-electron chi connectivity index (χ1n) is 4.52. The zero-order valence-electron chi connectivity index (χ0n) is 7.68. The number of alkyl halides is 1. The van der Waals surface area contributed by atoms with Gasteiger partial charge in [-0.15, -0.1) is 0 Å². The molecule has 2 fully saturated rings. The molecule has 0 bridgehead atoms. The van der Waals surface area contributed by atoms with Crippen LogP contribution in [0.15, 0.2) is 12.2 Å². The van der Waals surface area contributed by atoms with Gasteiger partial charge in [0.15, 0.2) is 5.78 Å². The van der Waals surface area contributed by atoms with Crippen molar-refractivity contribution in [1.29, 1.82) is 0 Å². The fraction of sp³-hybridized carbons (Fsp3) is 0.700. The van der Waals surface area contributed by atoms with Crippen molar-refractivity contribution in [2.24, 2.45) is 5.92 Å². The third-order valence-electron chi connectivity index (χ3n) is 3.18. The number of rotatable bonds is 2. The van der Waals surface area contributed by atoms with Gasteiger partial charge in [0.2, 0.25) is 0 Å². The third-order valence-corrected chi connectivity index (χ3v) is 3.90. The van der Waals surface area contributed by atoms with Gasteiger partial charge in [0.05, 0.1) is 6.10 Å². The number of epoxide rings is 1. The maximum absolute atomic E-state index is 11.6. The molecule has 2 aliphatic rings. The number of fused-ring (bicyclic) bond motifs is 1. The van der Waals surface area contributed by atoms with Crippen molar-refractivity contribution >= 4 is 21.7 Å².